The molecule has 2 unspecified atom stereocenters. The van der Waals surface area contributed by atoms with Crippen LogP contribution in [0.15, 0.2) is 24.3 Å². The standard InChI is InChI=1S/C17H28N2O/c1-4-12-20-14-9-7-13(8-10-14)16(19-18)15-6-5-11-17(15,2)3/h7-10,15-16,19H,4-6,11-12,18H2,1-3H3. The summed E-state index contributed by atoms with van der Waals surface area (Å²) in [6.07, 6.45) is 4.86. The first-order chi connectivity index (χ1) is 9.58. The van der Waals surface area contributed by atoms with Crippen LogP contribution in [0.5, 0.6) is 5.75 Å². The maximum Gasteiger partial charge on any atom is 0.119 e. The van der Waals surface area contributed by atoms with E-state index in [9.17, 15) is 0 Å². The number of ether oxygens (including phenoxy) is 1. The molecule has 2 atom stereocenters. The molecular formula is C17H28N2O. The van der Waals surface area contributed by atoms with Gasteiger partial charge in [-0.2, -0.15) is 0 Å². The van der Waals surface area contributed by atoms with Gasteiger partial charge in [0.25, 0.3) is 0 Å². The lowest BCUT2D eigenvalue weighted by atomic mass is 9.75. The molecule has 0 bridgehead atoms. The SMILES string of the molecule is CCCOc1ccc(C(NN)C2CCCC2(C)C)cc1. The first-order valence-corrected chi connectivity index (χ1v) is 7.77. The summed E-state index contributed by atoms with van der Waals surface area (Å²) in [6, 6.07) is 8.62. The minimum atomic E-state index is 0.229. The number of nitrogens with one attached hydrogen (secondary N) is 1. The molecule has 1 aliphatic rings. The van der Waals surface area contributed by atoms with Crippen molar-refractivity contribution in [2.75, 3.05) is 6.61 Å². The Hall–Kier alpha value is -1.06. The molecule has 0 spiro atoms. The van der Waals surface area contributed by atoms with Crippen LogP contribution in [0.3, 0.4) is 0 Å². The summed E-state index contributed by atoms with van der Waals surface area (Å²) in [4.78, 5) is 0. The second kappa shape index (κ2) is 6.59. The number of rotatable bonds is 6. The first kappa shape index (κ1) is 15.3. The predicted molar refractivity (Wildman–Crippen MR) is 83.4 cm³/mol. The molecule has 1 fully saturated rings. The molecule has 20 heavy (non-hydrogen) atoms. The molecule has 0 amide bonds. The molecule has 1 aromatic rings. The van der Waals surface area contributed by atoms with Crippen LogP contribution in [0.1, 0.15) is 58.1 Å². The molecule has 2 rings (SSSR count). The third-order valence-electron chi connectivity index (χ3n) is 4.63. The normalized spacial score (nSPS) is 22.7. The third kappa shape index (κ3) is 3.33. The number of hydrazine groups is 1. The van der Waals surface area contributed by atoms with Crippen molar-refractivity contribution in [3.05, 3.63) is 29.8 Å². The highest BCUT2D eigenvalue weighted by Gasteiger charge is 2.39. The fraction of sp³-hybridized carbons (Fsp3) is 0.647. The lowest BCUT2D eigenvalue weighted by Crippen LogP contribution is -2.37. The molecule has 1 saturated carbocycles. The topological polar surface area (TPSA) is 47.3 Å². The highest BCUT2D eigenvalue weighted by atomic mass is 16.5. The summed E-state index contributed by atoms with van der Waals surface area (Å²) < 4.78 is 5.64. The van der Waals surface area contributed by atoms with Crippen molar-refractivity contribution < 1.29 is 4.74 Å². The Kier molecular flexibility index (Phi) is 5.06. The van der Waals surface area contributed by atoms with Crippen LogP contribution in [0.2, 0.25) is 0 Å². The maximum absolute atomic E-state index is 5.84. The maximum atomic E-state index is 5.84. The molecule has 112 valence electrons. The molecule has 3 nitrogen and oxygen atoms in total. The van der Waals surface area contributed by atoms with Crippen molar-refractivity contribution in [2.24, 2.45) is 17.2 Å². The van der Waals surface area contributed by atoms with Crippen molar-refractivity contribution in [1.82, 2.24) is 5.43 Å². The van der Waals surface area contributed by atoms with Crippen molar-refractivity contribution in [3.8, 4) is 5.75 Å². The highest BCUT2D eigenvalue weighted by molar-refractivity contribution is 5.30. The molecule has 1 aliphatic carbocycles. The van der Waals surface area contributed by atoms with Crippen molar-refractivity contribution >= 4 is 0 Å². The van der Waals surface area contributed by atoms with E-state index in [1.807, 2.05) is 0 Å². The average Bonchev–Trinajstić information content (AvgIpc) is 2.79. The summed E-state index contributed by atoms with van der Waals surface area (Å²) in [5, 5.41) is 0. The van der Waals surface area contributed by atoms with Gasteiger partial charge in [-0.05, 0) is 48.3 Å². The Morgan fingerprint density at radius 3 is 2.55 bits per heavy atom. The molecule has 0 radical (unpaired) electrons. The van der Waals surface area contributed by atoms with Crippen molar-refractivity contribution in [2.45, 2.75) is 52.5 Å². The fourth-order valence-electron chi connectivity index (χ4n) is 3.41. The summed E-state index contributed by atoms with van der Waals surface area (Å²) >= 11 is 0. The lowest BCUT2D eigenvalue weighted by molar-refractivity contribution is 0.198. The average molecular weight is 276 g/mol. The van der Waals surface area contributed by atoms with E-state index in [1.165, 1.54) is 24.8 Å². The molecule has 1 aromatic carbocycles. The van der Waals surface area contributed by atoms with Gasteiger partial charge in [-0.3, -0.25) is 11.3 Å². The molecule has 0 heterocycles. The largest absolute Gasteiger partial charge is 0.494 e. The van der Waals surface area contributed by atoms with E-state index >= 15 is 0 Å². The molecule has 0 aromatic heterocycles. The summed E-state index contributed by atoms with van der Waals surface area (Å²) in [5.41, 5.74) is 4.65. The van der Waals surface area contributed by atoms with Crippen molar-refractivity contribution in [3.63, 3.8) is 0 Å². The van der Waals surface area contributed by atoms with Crippen molar-refractivity contribution in [1.29, 1.82) is 0 Å². The van der Waals surface area contributed by atoms with Gasteiger partial charge in [-0.1, -0.05) is 39.3 Å². The van der Waals surface area contributed by atoms with Gasteiger partial charge in [0.2, 0.25) is 0 Å². The van der Waals surface area contributed by atoms with Gasteiger partial charge in [0, 0.05) is 6.04 Å². The van der Waals surface area contributed by atoms with Crippen LogP contribution in [0.25, 0.3) is 0 Å². The number of nitrogens with two attached hydrogens (primary N) is 1. The zero-order valence-corrected chi connectivity index (χ0v) is 13.0. The smallest absolute Gasteiger partial charge is 0.119 e. The van der Waals surface area contributed by atoms with Gasteiger partial charge in [0.05, 0.1) is 6.61 Å². The minimum absolute atomic E-state index is 0.229. The number of hydrogen-bond donors (Lipinski definition) is 2. The molecule has 3 heteroatoms. The van der Waals surface area contributed by atoms with E-state index in [0.29, 0.717) is 11.3 Å². The molecule has 0 saturated heterocycles. The Morgan fingerprint density at radius 2 is 2.05 bits per heavy atom. The monoisotopic (exact) mass is 276 g/mol. The zero-order chi connectivity index (χ0) is 14.6. The second-order valence-electron chi connectivity index (χ2n) is 6.55. The van der Waals surface area contributed by atoms with Crippen LogP contribution >= 0.6 is 0 Å². The van der Waals surface area contributed by atoms with Crippen LogP contribution in [0.4, 0.5) is 0 Å². The van der Waals surface area contributed by atoms with E-state index in [1.54, 1.807) is 0 Å². The Morgan fingerprint density at radius 1 is 1.35 bits per heavy atom. The van der Waals surface area contributed by atoms with Crippen LogP contribution < -0.4 is 16.0 Å². The summed E-state index contributed by atoms with van der Waals surface area (Å²) in [6.45, 7) is 7.60. The first-order valence-electron chi connectivity index (χ1n) is 7.77. The zero-order valence-electron chi connectivity index (χ0n) is 13.0. The van der Waals surface area contributed by atoms with Gasteiger partial charge in [0.15, 0.2) is 0 Å². The van der Waals surface area contributed by atoms with Crippen LogP contribution in [-0.4, -0.2) is 6.61 Å². The predicted octanol–water partition coefficient (Wildman–Crippen LogP) is 3.81. The Balaban J connectivity index is 2.11. The van der Waals surface area contributed by atoms with E-state index < -0.39 is 0 Å². The highest BCUT2D eigenvalue weighted by Crippen LogP contribution is 2.48. The fourth-order valence-corrected chi connectivity index (χ4v) is 3.41. The van der Waals surface area contributed by atoms with Gasteiger partial charge in [0.1, 0.15) is 5.75 Å². The number of benzene rings is 1. The summed E-state index contributed by atoms with van der Waals surface area (Å²) in [7, 11) is 0. The van der Waals surface area contributed by atoms with Crippen LogP contribution in [-0.2, 0) is 0 Å². The van der Waals surface area contributed by atoms with Gasteiger partial charge in [-0.15, -0.1) is 0 Å². The molecule has 0 aliphatic heterocycles. The van der Waals surface area contributed by atoms with Gasteiger partial charge in [-0.25, -0.2) is 0 Å². The second-order valence-corrected chi connectivity index (χ2v) is 6.55. The van der Waals surface area contributed by atoms with Gasteiger partial charge >= 0.3 is 0 Å². The van der Waals surface area contributed by atoms with Gasteiger partial charge < -0.3 is 4.74 Å². The van der Waals surface area contributed by atoms with E-state index in [4.69, 9.17) is 10.6 Å². The van der Waals surface area contributed by atoms with E-state index in [-0.39, 0.29) is 6.04 Å². The lowest BCUT2D eigenvalue weighted by Gasteiger charge is -2.34. The third-order valence-corrected chi connectivity index (χ3v) is 4.63. The Bertz CT molecular complexity index is 414. The minimum Gasteiger partial charge on any atom is -0.494 e. The summed E-state index contributed by atoms with van der Waals surface area (Å²) in [5.74, 6) is 7.38. The number of hydrogen-bond acceptors (Lipinski definition) is 3. The van der Waals surface area contributed by atoms with E-state index in [0.717, 1.165) is 18.8 Å². The molecule has 3 N–H and O–H groups in total. The van der Waals surface area contributed by atoms with Crippen LogP contribution in [0, 0.1) is 11.3 Å². The quantitative estimate of drug-likeness (QED) is 0.613. The van der Waals surface area contributed by atoms with E-state index in [2.05, 4.69) is 50.5 Å². The Labute approximate surface area is 122 Å². The molecular weight excluding hydrogens is 248 g/mol.